The molecule has 0 amide bonds. The van der Waals surface area contributed by atoms with Gasteiger partial charge in [0, 0.05) is 24.9 Å². The summed E-state index contributed by atoms with van der Waals surface area (Å²) in [5.74, 6) is 1.55. The van der Waals surface area contributed by atoms with Gasteiger partial charge >= 0.3 is 0 Å². The van der Waals surface area contributed by atoms with Crippen molar-refractivity contribution in [2.75, 3.05) is 38.2 Å². The molecule has 0 aromatic carbocycles. The minimum atomic E-state index is -2.92. The van der Waals surface area contributed by atoms with Gasteiger partial charge in [0.1, 0.15) is 9.84 Å². The van der Waals surface area contributed by atoms with Crippen molar-refractivity contribution >= 4 is 15.8 Å². The lowest BCUT2D eigenvalue weighted by Crippen LogP contribution is -2.45. The number of nitrogens with one attached hydrogen (secondary N) is 2. The van der Waals surface area contributed by atoms with Crippen molar-refractivity contribution in [2.45, 2.75) is 59.0 Å². The molecule has 1 fully saturated rings. The van der Waals surface area contributed by atoms with Crippen LogP contribution in [0.5, 0.6) is 0 Å². The number of rotatable bonds is 9. The van der Waals surface area contributed by atoms with Crippen LogP contribution >= 0.6 is 0 Å². The molecule has 0 aromatic rings. The van der Waals surface area contributed by atoms with Crippen LogP contribution in [0.4, 0.5) is 0 Å². The van der Waals surface area contributed by atoms with Gasteiger partial charge in [0.25, 0.3) is 0 Å². The normalized spacial score (nSPS) is 19.5. The lowest BCUT2D eigenvalue weighted by atomic mass is 10.0. The molecule has 142 valence electrons. The van der Waals surface area contributed by atoms with Gasteiger partial charge in [-0.1, -0.05) is 13.8 Å². The summed E-state index contributed by atoms with van der Waals surface area (Å²) in [6.45, 7) is 12.5. The first-order chi connectivity index (χ1) is 11.2. The van der Waals surface area contributed by atoms with Crippen LogP contribution in [0.2, 0.25) is 0 Å². The molecule has 1 aliphatic rings. The summed E-state index contributed by atoms with van der Waals surface area (Å²) in [6.07, 6.45) is 4.44. The molecule has 1 rings (SSSR count). The highest BCUT2D eigenvalue weighted by molar-refractivity contribution is 7.90. The van der Waals surface area contributed by atoms with E-state index in [4.69, 9.17) is 4.99 Å². The van der Waals surface area contributed by atoms with Crippen molar-refractivity contribution in [3.8, 4) is 0 Å². The second-order valence-electron chi connectivity index (χ2n) is 7.24. The van der Waals surface area contributed by atoms with Crippen molar-refractivity contribution < 1.29 is 8.42 Å². The van der Waals surface area contributed by atoms with Crippen LogP contribution in [-0.2, 0) is 9.84 Å². The smallest absolute Gasteiger partial charge is 0.191 e. The van der Waals surface area contributed by atoms with Crippen LogP contribution in [0.1, 0.15) is 47.0 Å². The zero-order valence-corrected chi connectivity index (χ0v) is 16.8. The Hall–Kier alpha value is -0.820. The van der Waals surface area contributed by atoms with Crippen molar-refractivity contribution in [2.24, 2.45) is 10.9 Å². The van der Waals surface area contributed by atoms with Crippen LogP contribution in [0, 0.1) is 5.92 Å². The highest BCUT2D eigenvalue weighted by Crippen LogP contribution is 2.17. The Balaban J connectivity index is 2.62. The average molecular weight is 361 g/mol. The van der Waals surface area contributed by atoms with Gasteiger partial charge in [-0.15, -0.1) is 0 Å². The van der Waals surface area contributed by atoms with Gasteiger partial charge in [-0.2, -0.15) is 0 Å². The summed E-state index contributed by atoms with van der Waals surface area (Å²) in [4.78, 5) is 7.31. The van der Waals surface area contributed by atoms with Crippen molar-refractivity contribution in [3.63, 3.8) is 0 Å². The molecule has 24 heavy (non-hydrogen) atoms. The first-order valence-electron chi connectivity index (χ1n) is 9.19. The molecule has 1 saturated heterocycles. The molecule has 2 N–H and O–H groups in total. The monoisotopic (exact) mass is 360 g/mol. The Morgan fingerprint density at radius 2 is 1.83 bits per heavy atom. The Bertz CT molecular complexity index is 485. The summed E-state index contributed by atoms with van der Waals surface area (Å²) in [5.41, 5.74) is 0. The summed E-state index contributed by atoms with van der Waals surface area (Å²) in [6, 6.07) is 0.538. The van der Waals surface area contributed by atoms with E-state index in [1.807, 2.05) is 13.8 Å². The van der Waals surface area contributed by atoms with Gasteiger partial charge in [-0.25, -0.2) is 8.42 Å². The molecule has 1 heterocycles. The number of hydrogen-bond acceptors (Lipinski definition) is 4. The van der Waals surface area contributed by atoms with Crippen LogP contribution < -0.4 is 10.6 Å². The summed E-state index contributed by atoms with van der Waals surface area (Å²) in [5, 5.41) is 6.60. The number of nitrogens with zero attached hydrogens (tertiary/aromatic N) is 2. The first kappa shape index (κ1) is 21.2. The fourth-order valence-electron chi connectivity index (χ4n) is 3.02. The zero-order chi connectivity index (χ0) is 18.2. The molecule has 0 aliphatic carbocycles. The van der Waals surface area contributed by atoms with Crippen LogP contribution in [0.3, 0.4) is 0 Å². The fraction of sp³-hybridized carbons (Fsp3) is 0.941. The molecular formula is C17H36N4O2S. The molecular weight excluding hydrogens is 324 g/mol. The van der Waals surface area contributed by atoms with E-state index >= 15 is 0 Å². The number of guanidine groups is 1. The molecule has 0 aromatic heterocycles. The summed E-state index contributed by atoms with van der Waals surface area (Å²) < 4.78 is 22.6. The average Bonchev–Trinajstić information content (AvgIpc) is 2.98. The van der Waals surface area contributed by atoms with E-state index in [9.17, 15) is 8.42 Å². The summed E-state index contributed by atoms with van der Waals surface area (Å²) >= 11 is 0. The van der Waals surface area contributed by atoms with E-state index in [0.29, 0.717) is 18.4 Å². The van der Waals surface area contributed by atoms with Gasteiger partial charge in [-0.3, -0.25) is 9.89 Å². The second-order valence-corrected chi connectivity index (χ2v) is 9.50. The third kappa shape index (κ3) is 8.33. The predicted octanol–water partition coefficient (Wildman–Crippen LogP) is 1.49. The van der Waals surface area contributed by atoms with E-state index in [2.05, 4.69) is 29.4 Å². The van der Waals surface area contributed by atoms with Crippen LogP contribution in [0.15, 0.2) is 4.99 Å². The van der Waals surface area contributed by atoms with Crippen LogP contribution in [0.25, 0.3) is 0 Å². The Labute approximate surface area is 148 Å². The minimum Gasteiger partial charge on any atom is -0.357 e. The molecule has 2 atom stereocenters. The van der Waals surface area contributed by atoms with E-state index in [1.165, 1.54) is 32.2 Å². The molecule has 6 nitrogen and oxygen atoms in total. The molecule has 2 unspecified atom stereocenters. The molecule has 0 bridgehead atoms. The number of hydrogen-bond donors (Lipinski definition) is 2. The maximum absolute atomic E-state index is 11.3. The molecule has 1 aliphatic heterocycles. The lowest BCUT2D eigenvalue weighted by Gasteiger charge is -2.30. The SMILES string of the molecule is CCNC(=NCC(C(C)C)N1CCCC1)NC(C)CCS(C)(=O)=O. The molecule has 7 heteroatoms. The van der Waals surface area contributed by atoms with Gasteiger partial charge in [0.15, 0.2) is 5.96 Å². The third-order valence-electron chi connectivity index (χ3n) is 4.46. The van der Waals surface area contributed by atoms with Crippen molar-refractivity contribution in [1.29, 1.82) is 0 Å². The van der Waals surface area contributed by atoms with E-state index in [-0.39, 0.29) is 11.8 Å². The van der Waals surface area contributed by atoms with Gasteiger partial charge in [0.2, 0.25) is 0 Å². The molecule has 0 saturated carbocycles. The van der Waals surface area contributed by atoms with Gasteiger partial charge in [-0.05, 0) is 52.1 Å². The quantitative estimate of drug-likeness (QED) is 0.481. The van der Waals surface area contributed by atoms with Gasteiger partial charge < -0.3 is 10.6 Å². The third-order valence-corrected chi connectivity index (χ3v) is 5.44. The van der Waals surface area contributed by atoms with Crippen molar-refractivity contribution in [1.82, 2.24) is 15.5 Å². The van der Waals surface area contributed by atoms with E-state index < -0.39 is 9.84 Å². The predicted molar refractivity (Wildman–Crippen MR) is 102 cm³/mol. The van der Waals surface area contributed by atoms with Crippen molar-refractivity contribution in [3.05, 3.63) is 0 Å². The summed E-state index contributed by atoms with van der Waals surface area (Å²) in [7, 11) is -2.92. The Morgan fingerprint density at radius 1 is 1.21 bits per heavy atom. The Morgan fingerprint density at radius 3 is 2.33 bits per heavy atom. The maximum atomic E-state index is 11.3. The fourth-order valence-corrected chi connectivity index (χ4v) is 3.80. The number of aliphatic imine (C=N–C) groups is 1. The lowest BCUT2D eigenvalue weighted by molar-refractivity contribution is 0.197. The number of likely N-dealkylation sites (tertiary alicyclic amines) is 1. The zero-order valence-electron chi connectivity index (χ0n) is 16.0. The topological polar surface area (TPSA) is 73.8 Å². The van der Waals surface area contributed by atoms with Crippen LogP contribution in [-0.4, -0.2) is 69.5 Å². The first-order valence-corrected chi connectivity index (χ1v) is 11.3. The Kier molecular flexibility index (Phi) is 9.05. The minimum absolute atomic E-state index is 0.0711. The second kappa shape index (κ2) is 10.2. The van der Waals surface area contributed by atoms with E-state index in [1.54, 1.807) is 0 Å². The van der Waals surface area contributed by atoms with Gasteiger partial charge in [0.05, 0.1) is 12.3 Å². The largest absolute Gasteiger partial charge is 0.357 e. The molecule has 0 spiro atoms. The maximum Gasteiger partial charge on any atom is 0.191 e. The highest BCUT2D eigenvalue weighted by Gasteiger charge is 2.24. The van der Waals surface area contributed by atoms with E-state index in [0.717, 1.165) is 19.0 Å². The standard InChI is InChI=1S/C17H36N4O2S/c1-6-18-17(20-15(4)9-12-24(5,22)23)19-13-16(14(2)3)21-10-7-8-11-21/h14-16H,6-13H2,1-5H3,(H2,18,19,20). The highest BCUT2D eigenvalue weighted by atomic mass is 32.2. The number of sulfone groups is 1. The molecule has 0 radical (unpaired) electrons.